The van der Waals surface area contributed by atoms with E-state index in [9.17, 15) is 4.79 Å². The van der Waals surface area contributed by atoms with E-state index in [1.54, 1.807) is 6.20 Å². The second-order valence-corrected chi connectivity index (χ2v) is 6.73. The van der Waals surface area contributed by atoms with Crippen molar-refractivity contribution in [3.05, 3.63) is 30.1 Å². The maximum atomic E-state index is 12.4. The molecule has 21 heavy (non-hydrogen) atoms. The quantitative estimate of drug-likeness (QED) is 0.476. The largest absolute Gasteiger partial charge is 0.455 e. The van der Waals surface area contributed by atoms with E-state index in [-0.39, 0.29) is 12.0 Å². The lowest BCUT2D eigenvalue weighted by Gasteiger charge is -2.22. The molecule has 4 nitrogen and oxygen atoms in total. The maximum Gasteiger partial charge on any atom is 0.375 e. The number of nitrogens with zero attached hydrogens (tertiary/aromatic N) is 2. The highest BCUT2D eigenvalue weighted by Crippen LogP contribution is 2.14. The number of carbonyl (C=O) groups is 1. The normalized spacial score (nSPS) is 14.1. The fourth-order valence-electron chi connectivity index (χ4n) is 2.00. The number of pyridine rings is 1. The van der Waals surface area contributed by atoms with Crippen molar-refractivity contribution in [2.24, 2.45) is 5.92 Å². The van der Waals surface area contributed by atoms with Crippen LogP contribution in [-0.2, 0) is 9.53 Å². The van der Waals surface area contributed by atoms with Gasteiger partial charge in [0, 0.05) is 12.6 Å². The molecule has 0 aliphatic rings. The Hall–Kier alpha value is -1.71. The number of carbonyl (C=O) groups excluding carboxylic acids is 1. The molecule has 0 amide bonds. The highest BCUT2D eigenvalue weighted by molar-refractivity contribution is 5.77. The molecule has 1 heterocycles. The van der Waals surface area contributed by atoms with Gasteiger partial charge >= 0.3 is 5.97 Å². The van der Waals surface area contributed by atoms with Crippen LogP contribution in [0.15, 0.2) is 24.4 Å². The summed E-state index contributed by atoms with van der Waals surface area (Å²) in [6.07, 6.45) is 4.37. The Labute approximate surface area is 127 Å². The Morgan fingerprint density at radius 1 is 1.38 bits per heavy atom. The molecule has 0 saturated carbocycles. The van der Waals surface area contributed by atoms with Gasteiger partial charge in [0.2, 0.25) is 6.04 Å². The van der Waals surface area contributed by atoms with Gasteiger partial charge in [-0.05, 0) is 38.8 Å². The molecule has 4 heteroatoms. The summed E-state index contributed by atoms with van der Waals surface area (Å²) < 4.78 is 7.44. The van der Waals surface area contributed by atoms with Crippen LogP contribution in [0.1, 0.15) is 46.7 Å². The predicted octanol–water partition coefficient (Wildman–Crippen LogP) is 2.90. The molecule has 1 rings (SSSR count). The van der Waals surface area contributed by atoms with E-state index in [0.717, 1.165) is 12.1 Å². The highest BCUT2D eigenvalue weighted by Gasteiger charge is 2.32. The van der Waals surface area contributed by atoms with E-state index in [1.807, 2.05) is 56.8 Å². The predicted molar refractivity (Wildman–Crippen MR) is 84.7 cm³/mol. The molecule has 116 valence electrons. The van der Waals surface area contributed by atoms with Crippen LogP contribution in [0, 0.1) is 5.92 Å². The molecule has 0 bridgehead atoms. The second-order valence-electron chi connectivity index (χ2n) is 6.73. The number of hydrogen-bond acceptors (Lipinski definition) is 3. The van der Waals surface area contributed by atoms with Crippen molar-refractivity contribution in [3.8, 4) is 0 Å². The fraction of sp³-hybridized carbons (Fsp3) is 0.588. The monoisotopic (exact) mass is 291 g/mol. The van der Waals surface area contributed by atoms with Crippen molar-refractivity contribution in [2.45, 2.75) is 52.7 Å². The lowest BCUT2D eigenvalue weighted by Crippen LogP contribution is -2.39. The van der Waals surface area contributed by atoms with Crippen LogP contribution in [0.3, 0.4) is 0 Å². The standard InChI is InChI=1S/C17H27N2O2/c1-13(2)11-15(16(20)21-17(3,4)5)19(6)12-14-9-7-8-10-18-14/h7-10,12-13,15H,11H2,1-6H3/q+1. The number of hydrogen-bond donors (Lipinski definition) is 0. The van der Waals surface area contributed by atoms with E-state index in [1.165, 1.54) is 0 Å². The summed E-state index contributed by atoms with van der Waals surface area (Å²) in [5.74, 6) is 0.216. The van der Waals surface area contributed by atoms with Gasteiger partial charge in [-0.25, -0.2) is 9.37 Å². The van der Waals surface area contributed by atoms with Gasteiger partial charge in [0.25, 0.3) is 0 Å². The molecule has 0 aliphatic carbocycles. The first-order valence-corrected chi connectivity index (χ1v) is 7.40. The summed E-state index contributed by atoms with van der Waals surface area (Å²) in [6.45, 7) is 9.87. The van der Waals surface area contributed by atoms with Crippen molar-refractivity contribution in [1.29, 1.82) is 0 Å². The molecule has 1 aromatic heterocycles. The Bertz CT molecular complexity index is 487. The summed E-state index contributed by atoms with van der Waals surface area (Å²) in [5.41, 5.74) is 0.357. The summed E-state index contributed by atoms with van der Waals surface area (Å²) in [6, 6.07) is 5.41. The van der Waals surface area contributed by atoms with Gasteiger partial charge in [-0.1, -0.05) is 19.9 Å². The molecule has 0 aliphatic heterocycles. The van der Waals surface area contributed by atoms with E-state index in [2.05, 4.69) is 18.8 Å². The van der Waals surface area contributed by atoms with Crippen LogP contribution in [0.5, 0.6) is 0 Å². The Morgan fingerprint density at radius 2 is 2.05 bits per heavy atom. The molecule has 1 unspecified atom stereocenters. The molecule has 0 saturated heterocycles. The highest BCUT2D eigenvalue weighted by atomic mass is 16.6. The second kappa shape index (κ2) is 7.34. The van der Waals surface area contributed by atoms with Gasteiger partial charge in [-0.3, -0.25) is 4.98 Å². The van der Waals surface area contributed by atoms with E-state index >= 15 is 0 Å². The van der Waals surface area contributed by atoms with Crippen molar-refractivity contribution >= 4 is 12.2 Å². The average molecular weight is 291 g/mol. The molecule has 1 atom stereocenters. The Morgan fingerprint density at radius 3 is 2.52 bits per heavy atom. The summed E-state index contributed by atoms with van der Waals surface area (Å²) in [7, 11) is 1.89. The van der Waals surface area contributed by atoms with Crippen LogP contribution in [0.2, 0.25) is 0 Å². The zero-order valence-electron chi connectivity index (χ0n) is 14.0. The van der Waals surface area contributed by atoms with Crippen molar-refractivity contribution in [2.75, 3.05) is 7.05 Å². The van der Waals surface area contributed by atoms with E-state index in [0.29, 0.717) is 5.92 Å². The zero-order chi connectivity index (χ0) is 16.0. The van der Waals surface area contributed by atoms with Gasteiger partial charge in [-0.15, -0.1) is 0 Å². The van der Waals surface area contributed by atoms with Crippen molar-refractivity contribution in [3.63, 3.8) is 0 Å². The van der Waals surface area contributed by atoms with Crippen LogP contribution >= 0.6 is 0 Å². The first kappa shape index (κ1) is 17.3. The lowest BCUT2D eigenvalue weighted by atomic mass is 10.0. The molecule has 0 spiro atoms. The molecular weight excluding hydrogens is 264 g/mol. The van der Waals surface area contributed by atoms with Crippen LogP contribution < -0.4 is 0 Å². The third-order valence-corrected chi connectivity index (χ3v) is 2.89. The SMILES string of the molecule is CC(C)CC(C(=O)OC(C)(C)C)[N+](C)=Cc1ccccn1. The molecule has 0 fully saturated rings. The zero-order valence-corrected chi connectivity index (χ0v) is 14.0. The summed E-state index contributed by atoms with van der Waals surface area (Å²) >= 11 is 0. The van der Waals surface area contributed by atoms with Crippen molar-refractivity contribution in [1.82, 2.24) is 4.98 Å². The third-order valence-electron chi connectivity index (χ3n) is 2.89. The number of ether oxygens (including phenoxy) is 1. The average Bonchev–Trinajstić information content (AvgIpc) is 2.34. The third kappa shape index (κ3) is 6.52. The van der Waals surface area contributed by atoms with Gasteiger partial charge in [0.1, 0.15) is 18.3 Å². The van der Waals surface area contributed by atoms with Gasteiger partial charge in [0.05, 0.1) is 0 Å². The Balaban J connectivity index is 2.96. The van der Waals surface area contributed by atoms with Gasteiger partial charge in [-0.2, -0.15) is 0 Å². The topological polar surface area (TPSA) is 42.2 Å². The smallest absolute Gasteiger partial charge is 0.375 e. The van der Waals surface area contributed by atoms with Gasteiger partial charge < -0.3 is 4.74 Å². The molecule has 0 aromatic carbocycles. The maximum absolute atomic E-state index is 12.4. The molecule has 0 N–H and O–H groups in total. The van der Waals surface area contributed by atoms with Crippen molar-refractivity contribution < 1.29 is 14.1 Å². The van der Waals surface area contributed by atoms with Crippen LogP contribution in [-0.4, -0.2) is 40.4 Å². The number of esters is 1. The molecule has 1 aromatic rings. The summed E-state index contributed by atoms with van der Waals surface area (Å²) in [5, 5.41) is 0. The van der Waals surface area contributed by atoms with E-state index in [4.69, 9.17) is 4.74 Å². The van der Waals surface area contributed by atoms with Gasteiger partial charge in [0.15, 0.2) is 6.21 Å². The fourth-order valence-corrected chi connectivity index (χ4v) is 2.00. The Kier molecular flexibility index (Phi) is 6.06. The van der Waals surface area contributed by atoms with E-state index < -0.39 is 5.60 Å². The minimum Gasteiger partial charge on any atom is -0.455 e. The van der Waals surface area contributed by atoms with Crippen LogP contribution in [0.4, 0.5) is 0 Å². The first-order valence-electron chi connectivity index (χ1n) is 7.40. The summed E-state index contributed by atoms with van der Waals surface area (Å²) in [4.78, 5) is 16.7. The lowest BCUT2D eigenvalue weighted by molar-refractivity contribution is -0.524. The number of rotatable bonds is 5. The van der Waals surface area contributed by atoms with Crippen LogP contribution in [0.25, 0.3) is 0 Å². The molecular formula is C17H27N2O2+. The minimum absolute atomic E-state index is 0.189. The molecule has 0 radical (unpaired) electrons. The first-order chi connectivity index (χ1) is 9.69. The minimum atomic E-state index is -0.474. The number of likely N-dealkylation sites (N-methyl/N-ethyl adjacent to an activating group) is 1. The number of aromatic nitrogens is 1.